The summed E-state index contributed by atoms with van der Waals surface area (Å²) in [6, 6.07) is 10.8. The minimum Gasteiger partial charge on any atom is -0.354 e. The molecule has 3 rings (SSSR count). The first-order chi connectivity index (χ1) is 9.38. The van der Waals surface area contributed by atoms with E-state index in [2.05, 4.69) is 40.5 Å². The van der Waals surface area contributed by atoms with Gasteiger partial charge in [0.05, 0.1) is 5.69 Å². The van der Waals surface area contributed by atoms with E-state index in [0.29, 0.717) is 0 Å². The Labute approximate surface area is 118 Å². The van der Waals surface area contributed by atoms with Crippen molar-refractivity contribution in [1.29, 1.82) is 0 Å². The Bertz CT molecular complexity index is 564. The van der Waals surface area contributed by atoms with Crippen molar-refractivity contribution in [3.8, 4) is 0 Å². The maximum Gasteiger partial charge on any atom is 0.136 e. The lowest BCUT2D eigenvalue weighted by atomic mass is 10.1. The molecule has 2 heterocycles. The number of nitrogens with one attached hydrogen (secondary N) is 1. The van der Waals surface area contributed by atoms with E-state index in [9.17, 15) is 0 Å². The fraction of sp³-hybridized carbons (Fsp3) is 0.400. The topological polar surface area (TPSA) is 28.2 Å². The van der Waals surface area contributed by atoms with Crippen molar-refractivity contribution in [3.63, 3.8) is 0 Å². The van der Waals surface area contributed by atoms with Gasteiger partial charge in [-0.3, -0.25) is 0 Å². The van der Waals surface area contributed by atoms with Crippen molar-refractivity contribution >= 4 is 28.4 Å². The van der Waals surface area contributed by atoms with Crippen LogP contribution in [0.2, 0.25) is 0 Å². The van der Waals surface area contributed by atoms with E-state index in [1.807, 2.05) is 18.8 Å². The van der Waals surface area contributed by atoms with Gasteiger partial charge in [0, 0.05) is 36.5 Å². The number of fused-ring (bicyclic) bond motifs is 1. The molecule has 0 radical (unpaired) electrons. The summed E-state index contributed by atoms with van der Waals surface area (Å²) < 4.78 is 0. The Hall–Kier alpha value is -1.26. The molecule has 1 aromatic carbocycles. The van der Waals surface area contributed by atoms with Crippen molar-refractivity contribution in [2.75, 3.05) is 36.5 Å². The summed E-state index contributed by atoms with van der Waals surface area (Å²) in [6.07, 6.45) is 0. The van der Waals surface area contributed by atoms with Crippen molar-refractivity contribution in [1.82, 2.24) is 10.3 Å². The van der Waals surface area contributed by atoms with Crippen LogP contribution in [0.4, 0.5) is 5.82 Å². The molecule has 1 aliphatic heterocycles. The molecule has 0 bridgehead atoms. The first-order valence-electron chi connectivity index (χ1n) is 6.74. The molecule has 3 nitrogen and oxygen atoms in total. The number of hydrogen-bond acceptors (Lipinski definition) is 4. The summed E-state index contributed by atoms with van der Waals surface area (Å²) in [7, 11) is 1.97. The van der Waals surface area contributed by atoms with Crippen LogP contribution < -0.4 is 10.2 Å². The molecule has 0 saturated carbocycles. The van der Waals surface area contributed by atoms with Crippen molar-refractivity contribution in [2.45, 2.75) is 6.54 Å². The van der Waals surface area contributed by atoms with Gasteiger partial charge < -0.3 is 10.2 Å². The zero-order valence-corrected chi connectivity index (χ0v) is 12.0. The Morgan fingerprint density at radius 3 is 2.84 bits per heavy atom. The Morgan fingerprint density at radius 2 is 2.05 bits per heavy atom. The third kappa shape index (κ3) is 2.69. The maximum atomic E-state index is 4.87. The van der Waals surface area contributed by atoms with Gasteiger partial charge in [0.2, 0.25) is 0 Å². The molecule has 1 fully saturated rings. The van der Waals surface area contributed by atoms with Gasteiger partial charge in [-0.15, -0.1) is 0 Å². The van der Waals surface area contributed by atoms with Crippen molar-refractivity contribution < 1.29 is 0 Å². The SMILES string of the molecule is CNCc1cc2ccccc2c(N2CCSCC2)n1. The predicted molar refractivity (Wildman–Crippen MR) is 84.0 cm³/mol. The highest BCUT2D eigenvalue weighted by atomic mass is 32.2. The highest BCUT2D eigenvalue weighted by molar-refractivity contribution is 7.99. The second-order valence-corrected chi connectivity index (χ2v) is 6.01. The first-order valence-corrected chi connectivity index (χ1v) is 7.90. The molecule has 19 heavy (non-hydrogen) atoms. The maximum absolute atomic E-state index is 4.87. The van der Waals surface area contributed by atoms with Crippen LogP contribution in [-0.4, -0.2) is 36.6 Å². The number of rotatable bonds is 3. The van der Waals surface area contributed by atoms with Gasteiger partial charge in [0.1, 0.15) is 5.82 Å². The van der Waals surface area contributed by atoms with Gasteiger partial charge in [-0.1, -0.05) is 24.3 Å². The number of hydrogen-bond donors (Lipinski definition) is 1. The lowest BCUT2D eigenvalue weighted by molar-refractivity contribution is 0.780. The number of nitrogens with zero attached hydrogens (tertiary/aromatic N) is 2. The summed E-state index contributed by atoms with van der Waals surface area (Å²) in [5, 5.41) is 5.75. The predicted octanol–water partition coefficient (Wildman–Crippen LogP) is 2.51. The molecule has 0 unspecified atom stereocenters. The highest BCUT2D eigenvalue weighted by Gasteiger charge is 2.16. The van der Waals surface area contributed by atoms with Gasteiger partial charge >= 0.3 is 0 Å². The minimum absolute atomic E-state index is 0.820. The van der Waals surface area contributed by atoms with Crippen LogP contribution in [0.5, 0.6) is 0 Å². The van der Waals surface area contributed by atoms with Crippen molar-refractivity contribution in [2.24, 2.45) is 0 Å². The Balaban J connectivity index is 2.08. The van der Waals surface area contributed by atoms with E-state index in [1.165, 1.54) is 22.3 Å². The quantitative estimate of drug-likeness (QED) is 0.930. The number of pyridine rings is 1. The normalized spacial score (nSPS) is 15.9. The van der Waals surface area contributed by atoms with E-state index in [4.69, 9.17) is 4.98 Å². The Morgan fingerprint density at radius 1 is 1.26 bits per heavy atom. The fourth-order valence-electron chi connectivity index (χ4n) is 2.52. The number of benzene rings is 1. The van der Waals surface area contributed by atoms with Crippen LogP contribution in [0.25, 0.3) is 10.8 Å². The van der Waals surface area contributed by atoms with E-state index in [-0.39, 0.29) is 0 Å². The van der Waals surface area contributed by atoms with E-state index >= 15 is 0 Å². The molecule has 0 aliphatic carbocycles. The second-order valence-electron chi connectivity index (χ2n) is 4.79. The molecule has 0 atom stereocenters. The standard InChI is InChI=1S/C15H19N3S/c1-16-11-13-10-12-4-2-3-5-14(12)15(17-13)18-6-8-19-9-7-18/h2-5,10,16H,6-9,11H2,1H3. The molecule has 1 aliphatic rings. The molecule has 1 aromatic heterocycles. The lowest BCUT2D eigenvalue weighted by Crippen LogP contribution is -2.33. The largest absolute Gasteiger partial charge is 0.354 e. The zero-order valence-electron chi connectivity index (χ0n) is 11.2. The molecular weight excluding hydrogens is 254 g/mol. The minimum atomic E-state index is 0.820. The van der Waals surface area contributed by atoms with Gasteiger partial charge in [-0.05, 0) is 18.5 Å². The summed E-state index contributed by atoms with van der Waals surface area (Å²) in [5.41, 5.74) is 1.12. The molecule has 2 aromatic rings. The summed E-state index contributed by atoms with van der Waals surface area (Å²) in [4.78, 5) is 7.30. The smallest absolute Gasteiger partial charge is 0.136 e. The third-order valence-corrected chi connectivity index (χ3v) is 4.38. The average Bonchev–Trinajstić information content (AvgIpc) is 2.48. The number of thioether (sulfide) groups is 1. The van der Waals surface area contributed by atoms with Crippen LogP contribution in [-0.2, 0) is 6.54 Å². The van der Waals surface area contributed by atoms with E-state index in [1.54, 1.807) is 0 Å². The second kappa shape index (κ2) is 5.80. The van der Waals surface area contributed by atoms with Crippen LogP contribution in [0.1, 0.15) is 5.69 Å². The van der Waals surface area contributed by atoms with Crippen LogP contribution in [0.15, 0.2) is 30.3 Å². The van der Waals surface area contributed by atoms with Crippen LogP contribution >= 0.6 is 11.8 Å². The monoisotopic (exact) mass is 273 g/mol. The molecule has 1 N–H and O–H groups in total. The lowest BCUT2D eigenvalue weighted by Gasteiger charge is -2.29. The summed E-state index contributed by atoms with van der Waals surface area (Å²) >= 11 is 2.03. The summed E-state index contributed by atoms with van der Waals surface area (Å²) in [6.45, 7) is 3.02. The van der Waals surface area contributed by atoms with Crippen LogP contribution in [0.3, 0.4) is 0 Å². The molecule has 1 saturated heterocycles. The number of aromatic nitrogens is 1. The van der Waals surface area contributed by atoms with E-state index < -0.39 is 0 Å². The van der Waals surface area contributed by atoms with Gasteiger partial charge in [-0.25, -0.2) is 4.98 Å². The molecular formula is C15H19N3S. The van der Waals surface area contributed by atoms with Gasteiger partial charge in [-0.2, -0.15) is 11.8 Å². The zero-order chi connectivity index (χ0) is 13.1. The third-order valence-electron chi connectivity index (χ3n) is 3.44. The number of anilines is 1. The first kappa shape index (κ1) is 12.8. The molecule has 0 spiro atoms. The highest BCUT2D eigenvalue weighted by Crippen LogP contribution is 2.27. The average molecular weight is 273 g/mol. The fourth-order valence-corrected chi connectivity index (χ4v) is 3.43. The summed E-state index contributed by atoms with van der Waals surface area (Å²) in [5.74, 6) is 3.56. The molecule has 4 heteroatoms. The van der Waals surface area contributed by atoms with Crippen LogP contribution in [0, 0.1) is 0 Å². The van der Waals surface area contributed by atoms with Gasteiger partial charge in [0.15, 0.2) is 0 Å². The Kier molecular flexibility index (Phi) is 3.89. The molecule has 100 valence electrons. The van der Waals surface area contributed by atoms with Crippen molar-refractivity contribution in [3.05, 3.63) is 36.0 Å². The molecule has 0 amide bonds. The van der Waals surface area contributed by atoms with E-state index in [0.717, 1.165) is 31.1 Å². The van der Waals surface area contributed by atoms with Gasteiger partial charge in [0.25, 0.3) is 0 Å².